The fraction of sp³-hybridized carbons (Fsp3) is 0.143. The van der Waals surface area contributed by atoms with Crippen molar-refractivity contribution in [3.63, 3.8) is 0 Å². The predicted octanol–water partition coefficient (Wildman–Crippen LogP) is 4.27. The van der Waals surface area contributed by atoms with Gasteiger partial charge in [-0.15, -0.1) is 0 Å². The molecule has 0 spiro atoms. The van der Waals surface area contributed by atoms with E-state index in [0.717, 1.165) is 31.7 Å². The molecule has 0 aliphatic carbocycles. The number of halogens is 2. The van der Waals surface area contributed by atoms with Crippen LogP contribution in [0, 0.1) is 17.4 Å². The van der Waals surface area contributed by atoms with Gasteiger partial charge in [-0.05, 0) is 36.4 Å². The van der Waals surface area contributed by atoms with Gasteiger partial charge in [-0.3, -0.25) is 0 Å². The van der Waals surface area contributed by atoms with Gasteiger partial charge >= 0.3 is 0 Å². The molecule has 0 unspecified atom stereocenters. The van der Waals surface area contributed by atoms with Gasteiger partial charge in [0.05, 0.1) is 15.0 Å². The summed E-state index contributed by atoms with van der Waals surface area (Å²) in [6.07, 6.45) is 0. The summed E-state index contributed by atoms with van der Waals surface area (Å²) in [5.74, 6) is 0. The first-order valence-corrected chi connectivity index (χ1v) is 7.31. The van der Waals surface area contributed by atoms with Crippen LogP contribution in [0.25, 0.3) is 16.9 Å². The SMILES string of the molecule is Cc1nn2c(Cl)c(C)c(-c3ccccc3)nc2c1I. The molecule has 0 amide bonds. The van der Waals surface area contributed by atoms with Crippen LogP contribution in [0.15, 0.2) is 30.3 Å². The van der Waals surface area contributed by atoms with Crippen molar-refractivity contribution in [3.05, 3.63) is 50.3 Å². The molecule has 5 heteroatoms. The van der Waals surface area contributed by atoms with Crippen molar-refractivity contribution in [2.45, 2.75) is 13.8 Å². The molecule has 0 radical (unpaired) electrons. The van der Waals surface area contributed by atoms with Crippen molar-refractivity contribution >= 4 is 39.8 Å². The Hall–Kier alpha value is -1.14. The molecular weight excluding hydrogens is 373 g/mol. The van der Waals surface area contributed by atoms with Crippen LogP contribution in [0.1, 0.15) is 11.3 Å². The summed E-state index contributed by atoms with van der Waals surface area (Å²) in [5.41, 5.74) is 4.68. The number of fused-ring (bicyclic) bond motifs is 1. The lowest BCUT2D eigenvalue weighted by Gasteiger charge is -2.08. The topological polar surface area (TPSA) is 30.2 Å². The van der Waals surface area contributed by atoms with Crippen molar-refractivity contribution < 1.29 is 0 Å². The Labute approximate surface area is 129 Å². The molecule has 19 heavy (non-hydrogen) atoms. The normalized spacial score (nSPS) is 11.2. The lowest BCUT2D eigenvalue weighted by molar-refractivity contribution is 0.910. The third kappa shape index (κ3) is 2.03. The highest BCUT2D eigenvalue weighted by molar-refractivity contribution is 14.1. The molecule has 0 aliphatic heterocycles. The maximum Gasteiger partial charge on any atom is 0.171 e. The Kier molecular flexibility index (Phi) is 3.22. The van der Waals surface area contributed by atoms with Gasteiger partial charge in [-0.2, -0.15) is 5.10 Å². The van der Waals surface area contributed by atoms with Gasteiger partial charge in [-0.25, -0.2) is 9.50 Å². The van der Waals surface area contributed by atoms with Crippen molar-refractivity contribution in [1.82, 2.24) is 14.6 Å². The first-order valence-electron chi connectivity index (χ1n) is 5.86. The van der Waals surface area contributed by atoms with E-state index >= 15 is 0 Å². The fourth-order valence-corrected chi connectivity index (χ4v) is 2.72. The zero-order valence-corrected chi connectivity index (χ0v) is 13.4. The van der Waals surface area contributed by atoms with Crippen molar-refractivity contribution in [1.29, 1.82) is 0 Å². The Morgan fingerprint density at radius 1 is 1.16 bits per heavy atom. The molecule has 0 saturated heterocycles. The molecule has 0 fully saturated rings. The van der Waals surface area contributed by atoms with E-state index < -0.39 is 0 Å². The molecule has 1 aromatic carbocycles. The van der Waals surface area contributed by atoms with Crippen LogP contribution in [0.5, 0.6) is 0 Å². The van der Waals surface area contributed by atoms with Crippen LogP contribution >= 0.6 is 34.2 Å². The van der Waals surface area contributed by atoms with E-state index in [9.17, 15) is 0 Å². The van der Waals surface area contributed by atoms with E-state index in [-0.39, 0.29) is 0 Å². The Balaban J connectivity index is 2.38. The minimum atomic E-state index is 0.620. The molecule has 3 aromatic rings. The van der Waals surface area contributed by atoms with Crippen LogP contribution in [0.4, 0.5) is 0 Å². The van der Waals surface area contributed by atoms with Gasteiger partial charge in [-0.1, -0.05) is 41.9 Å². The molecular formula is C14H11ClIN3. The van der Waals surface area contributed by atoms with E-state index in [1.807, 2.05) is 44.2 Å². The second-order valence-electron chi connectivity index (χ2n) is 4.38. The third-order valence-corrected chi connectivity index (χ3v) is 4.79. The summed E-state index contributed by atoms with van der Waals surface area (Å²) in [4.78, 5) is 4.73. The zero-order valence-electron chi connectivity index (χ0n) is 10.5. The quantitative estimate of drug-likeness (QED) is 0.464. The highest BCUT2D eigenvalue weighted by atomic mass is 127. The summed E-state index contributed by atoms with van der Waals surface area (Å²) < 4.78 is 2.75. The lowest BCUT2D eigenvalue weighted by Crippen LogP contribution is -1.99. The Bertz CT molecular complexity index is 765. The van der Waals surface area contributed by atoms with E-state index in [2.05, 4.69) is 27.7 Å². The molecule has 3 nitrogen and oxygen atoms in total. The Morgan fingerprint density at radius 3 is 2.53 bits per heavy atom. The van der Waals surface area contributed by atoms with Gasteiger partial charge in [0, 0.05) is 11.1 Å². The highest BCUT2D eigenvalue weighted by Gasteiger charge is 2.16. The predicted molar refractivity (Wildman–Crippen MR) is 85.6 cm³/mol. The number of hydrogen-bond acceptors (Lipinski definition) is 2. The maximum absolute atomic E-state index is 6.42. The smallest absolute Gasteiger partial charge is 0.171 e. The molecule has 96 valence electrons. The van der Waals surface area contributed by atoms with Crippen LogP contribution in [-0.4, -0.2) is 14.6 Å². The average Bonchev–Trinajstić information content (AvgIpc) is 2.71. The second-order valence-corrected chi connectivity index (χ2v) is 5.81. The second kappa shape index (κ2) is 4.76. The fourth-order valence-electron chi connectivity index (χ4n) is 2.05. The molecule has 0 aliphatic rings. The largest absolute Gasteiger partial charge is 0.227 e. The average molecular weight is 384 g/mol. The number of rotatable bonds is 1. The van der Waals surface area contributed by atoms with Crippen molar-refractivity contribution in [2.24, 2.45) is 0 Å². The Morgan fingerprint density at radius 2 is 1.84 bits per heavy atom. The highest BCUT2D eigenvalue weighted by Crippen LogP contribution is 2.29. The van der Waals surface area contributed by atoms with E-state index in [1.165, 1.54) is 0 Å². The van der Waals surface area contributed by atoms with Crippen LogP contribution in [-0.2, 0) is 0 Å². The third-order valence-electron chi connectivity index (χ3n) is 3.08. The summed E-state index contributed by atoms with van der Waals surface area (Å²) in [6.45, 7) is 3.94. The number of aryl methyl sites for hydroxylation is 1. The van der Waals surface area contributed by atoms with Gasteiger partial charge in [0.15, 0.2) is 5.65 Å². The number of nitrogens with zero attached hydrogens (tertiary/aromatic N) is 3. The van der Waals surface area contributed by atoms with Gasteiger partial charge in [0.25, 0.3) is 0 Å². The van der Waals surface area contributed by atoms with Crippen LogP contribution in [0.3, 0.4) is 0 Å². The molecule has 0 atom stereocenters. The zero-order chi connectivity index (χ0) is 13.6. The number of benzene rings is 1. The molecule has 2 heterocycles. The van der Waals surface area contributed by atoms with Gasteiger partial charge in [0.1, 0.15) is 5.15 Å². The van der Waals surface area contributed by atoms with E-state index in [0.29, 0.717) is 5.15 Å². The monoisotopic (exact) mass is 383 g/mol. The van der Waals surface area contributed by atoms with E-state index in [1.54, 1.807) is 4.52 Å². The molecule has 2 aromatic heterocycles. The number of aromatic nitrogens is 3. The summed E-state index contributed by atoms with van der Waals surface area (Å²) >= 11 is 8.68. The minimum Gasteiger partial charge on any atom is -0.227 e. The van der Waals surface area contributed by atoms with Crippen molar-refractivity contribution in [3.8, 4) is 11.3 Å². The molecule has 0 N–H and O–H groups in total. The summed E-state index contributed by atoms with van der Waals surface area (Å²) in [6, 6.07) is 10.1. The first kappa shape index (κ1) is 12.9. The van der Waals surface area contributed by atoms with Crippen molar-refractivity contribution in [2.75, 3.05) is 0 Å². The molecule has 0 saturated carbocycles. The first-order chi connectivity index (χ1) is 9.09. The number of hydrogen-bond donors (Lipinski definition) is 0. The molecule has 0 bridgehead atoms. The summed E-state index contributed by atoms with van der Waals surface area (Å²) in [7, 11) is 0. The van der Waals surface area contributed by atoms with Crippen LogP contribution in [0.2, 0.25) is 5.15 Å². The summed E-state index contributed by atoms with van der Waals surface area (Å²) in [5, 5.41) is 5.04. The maximum atomic E-state index is 6.42. The van der Waals surface area contributed by atoms with Gasteiger partial charge < -0.3 is 0 Å². The molecule has 3 rings (SSSR count). The van der Waals surface area contributed by atoms with Crippen LogP contribution < -0.4 is 0 Å². The van der Waals surface area contributed by atoms with E-state index in [4.69, 9.17) is 16.6 Å². The lowest BCUT2D eigenvalue weighted by atomic mass is 10.1. The minimum absolute atomic E-state index is 0.620. The standard InChI is InChI=1S/C14H11ClIN3/c1-8-12(10-6-4-3-5-7-10)17-14-11(16)9(2)18-19(14)13(8)15/h3-7H,1-2H3. The van der Waals surface area contributed by atoms with Gasteiger partial charge in [0.2, 0.25) is 0 Å².